The zero-order chi connectivity index (χ0) is 12.3. The maximum atomic E-state index is 11.8. The number of carbonyl (C=O) groups is 1. The highest BCUT2D eigenvalue weighted by Gasteiger charge is 2.23. The van der Waals surface area contributed by atoms with Gasteiger partial charge in [-0.1, -0.05) is 24.4 Å². The van der Waals surface area contributed by atoms with Crippen LogP contribution in [0.2, 0.25) is 0 Å². The van der Waals surface area contributed by atoms with Gasteiger partial charge in [-0.05, 0) is 25.0 Å². The van der Waals surface area contributed by atoms with Gasteiger partial charge in [0.05, 0.1) is 0 Å². The first kappa shape index (κ1) is 12.0. The highest BCUT2D eigenvalue weighted by Crippen LogP contribution is 2.16. The van der Waals surface area contributed by atoms with Crippen LogP contribution in [0.15, 0.2) is 24.3 Å². The first-order chi connectivity index (χ1) is 8.16. The molecule has 0 aliphatic carbocycles. The number of nitrogens with one attached hydrogen (secondary N) is 1. The molecular formula is C12H14N2O2S. The molecule has 1 aromatic carbocycles. The van der Waals surface area contributed by atoms with Gasteiger partial charge in [0.25, 0.3) is 5.91 Å². The van der Waals surface area contributed by atoms with E-state index in [4.69, 9.17) is 22.7 Å². The van der Waals surface area contributed by atoms with E-state index in [1.165, 1.54) is 0 Å². The van der Waals surface area contributed by atoms with Crippen LogP contribution in [0.4, 0.5) is 5.69 Å². The number of rotatable bonds is 3. The van der Waals surface area contributed by atoms with Crippen LogP contribution in [-0.2, 0) is 9.53 Å². The summed E-state index contributed by atoms with van der Waals surface area (Å²) in [5.74, 6) is -0.109. The van der Waals surface area contributed by atoms with Gasteiger partial charge in [0.1, 0.15) is 11.1 Å². The summed E-state index contributed by atoms with van der Waals surface area (Å²) in [5.41, 5.74) is 6.96. The largest absolute Gasteiger partial charge is 0.389 e. The molecule has 90 valence electrons. The van der Waals surface area contributed by atoms with Gasteiger partial charge in [0, 0.05) is 17.9 Å². The number of hydrogen-bond acceptors (Lipinski definition) is 3. The highest BCUT2D eigenvalue weighted by molar-refractivity contribution is 7.80. The lowest BCUT2D eigenvalue weighted by Gasteiger charge is -2.11. The number of ether oxygens (including phenoxy) is 1. The molecule has 17 heavy (non-hydrogen) atoms. The van der Waals surface area contributed by atoms with Crippen molar-refractivity contribution >= 4 is 28.8 Å². The molecule has 5 heteroatoms. The number of benzene rings is 1. The fourth-order valence-electron chi connectivity index (χ4n) is 1.76. The van der Waals surface area contributed by atoms with Crippen LogP contribution in [0.5, 0.6) is 0 Å². The first-order valence-corrected chi connectivity index (χ1v) is 5.90. The molecule has 1 amide bonds. The fraction of sp³-hybridized carbons (Fsp3) is 0.333. The van der Waals surface area contributed by atoms with Gasteiger partial charge in [0.2, 0.25) is 0 Å². The summed E-state index contributed by atoms with van der Waals surface area (Å²) < 4.78 is 5.30. The zero-order valence-electron chi connectivity index (χ0n) is 9.31. The summed E-state index contributed by atoms with van der Waals surface area (Å²) in [6.07, 6.45) is 1.38. The number of anilines is 1. The van der Waals surface area contributed by atoms with Crippen LogP contribution in [-0.4, -0.2) is 23.6 Å². The van der Waals surface area contributed by atoms with Gasteiger partial charge in [-0.3, -0.25) is 4.79 Å². The van der Waals surface area contributed by atoms with E-state index in [9.17, 15) is 4.79 Å². The third-order valence-corrected chi connectivity index (χ3v) is 2.87. The van der Waals surface area contributed by atoms with E-state index in [0.29, 0.717) is 17.3 Å². The molecule has 0 saturated carbocycles. The SMILES string of the molecule is NC(=S)c1cccc(NC(=O)C2CCCO2)c1. The molecule has 0 aromatic heterocycles. The minimum absolute atomic E-state index is 0.109. The Hall–Kier alpha value is -1.46. The molecular weight excluding hydrogens is 236 g/mol. The number of thiocarbonyl (C=S) groups is 1. The van der Waals surface area contributed by atoms with E-state index in [-0.39, 0.29) is 12.0 Å². The number of nitrogens with two attached hydrogens (primary N) is 1. The number of carbonyl (C=O) groups excluding carboxylic acids is 1. The van der Waals surface area contributed by atoms with Gasteiger partial charge >= 0.3 is 0 Å². The predicted octanol–water partition coefficient (Wildman–Crippen LogP) is 1.44. The Morgan fingerprint density at radius 2 is 2.35 bits per heavy atom. The van der Waals surface area contributed by atoms with Crippen LogP contribution in [0.25, 0.3) is 0 Å². The second-order valence-electron chi connectivity index (χ2n) is 3.94. The van der Waals surface area contributed by atoms with Crippen molar-refractivity contribution in [3.05, 3.63) is 29.8 Å². The van der Waals surface area contributed by atoms with Gasteiger partial charge in [-0.15, -0.1) is 0 Å². The van der Waals surface area contributed by atoms with Gasteiger partial charge in [0.15, 0.2) is 0 Å². The normalized spacial score (nSPS) is 18.9. The number of hydrogen-bond donors (Lipinski definition) is 2. The Balaban J connectivity index is 2.05. The minimum Gasteiger partial charge on any atom is -0.389 e. The Bertz CT molecular complexity index is 442. The Morgan fingerprint density at radius 1 is 1.53 bits per heavy atom. The molecule has 1 aromatic rings. The first-order valence-electron chi connectivity index (χ1n) is 5.49. The Kier molecular flexibility index (Phi) is 3.71. The Labute approximate surface area is 105 Å². The molecule has 0 bridgehead atoms. The summed E-state index contributed by atoms with van der Waals surface area (Å²) in [6, 6.07) is 7.17. The van der Waals surface area contributed by atoms with Crippen molar-refractivity contribution in [3.8, 4) is 0 Å². The maximum absolute atomic E-state index is 11.8. The van der Waals surface area contributed by atoms with Crippen molar-refractivity contribution in [3.63, 3.8) is 0 Å². The summed E-state index contributed by atoms with van der Waals surface area (Å²) in [4.78, 5) is 12.1. The lowest BCUT2D eigenvalue weighted by atomic mass is 10.2. The third-order valence-electron chi connectivity index (χ3n) is 2.64. The van der Waals surface area contributed by atoms with Gasteiger partial charge < -0.3 is 15.8 Å². The van der Waals surface area contributed by atoms with Crippen molar-refractivity contribution in [1.29, 1.82) is 0 Å². The summed E-state index contributed by atoms with van der Waals surface area (Å²) in [5, 5.41) is 2.80. The molecule has 1 aliphatic heterocycles. The van der Waals surface area contributed by atoms with Crippen LogP contribution in [0, 0.1) is 0 Å². The molecule has 1 fully saturated rings. The molecule has 0 spiro atoms. The quantitative estimate of drug-likeness (QED) is 0.797. The summed E-state index contributed by atoms with van der Waals surface area (Å²) >= 11 is 4.88. The molecule has 1 heterocycles. The average Bonchev–Trinajstić information content (AvgIpc) is 2.82. The van der Waals surface area contributed by atoms with E-state index in [0.717, 1.165) is 18.4 Å². The predicted molar refractivity (Wildman–Crippen MR) is 69.9 cm³/mol. The molecule has 3 N–H and O–H groups in total. The second-order valence-corrected chi connectivity index (χ2v) is 4.38. The summed E-state index contributed by atoms with van der Waals surface area (Å²) in [6.45, 7) is 0.658. The van der Waals surface area contributed by atoms with Crippen LogP contribution in [0.1, 0.15) is 18.4 Å². The van der Waals surface area contributed by atoms with E-state index in [1.54, 1.807) is 18.2 Å². The molecule has 1 unspecified atom stereocenters. The topological polar surface area (TPSA) is 64.3 Å². The average molecular weight is 250 g/mol. The summed E-state index contributed by atoms with van der Waals surface area (Å²) in [7, 11) is 0. The van der Waals surface area contributed by atoms with Crippen molar-refractivity contribution in [1.82, 2.24) is 0 Å². The smallest absolute Gasteiger partial charge is 0.253 e. The lowest BCUT2D eigenvalue weighted by Crippen LogP contribution is -2.27. The molecule has 2 rings (SSSR count). The maximum Gasteiger partial charge on any atom is 0.253 e. The Morgan fingerprint density at radius 3 is 3.00 bits per heavy atom. The molecule has 0 radical (unpaired) electrons. The molecule has 4 nitrogen and oxygen atoms in total. The van der Waals surface area contributed by atoms with E-state index >= 15 is 0 Å². The standard InChI is InChI=1S/C12H14N2O2S/c13-11(17)8-3-1-4-9(7-8)14-12(15)10-5-2-6-16-10/h1,3-4,7,10H,2,5-6H2,(H2,13,17)(H,14,15). The zero-order valence-corrected chi connectivity index (χ0v) is 10.1. The minimum atomic E-state index is -0.330. The van der Waals surface area contributed by atoms with Crippen molar-refractivity contribution in [2.24, 2.45) is 5.73 Å². The van der Waals surface area contributed by atoms with Gasteiger partial charge in [-0.2, -0.15) is 0 Å². The number of amides is 1. The van der Waals surface area contributed by atoms with Crippen LogP contribution in [0.3, 0.4) is 0 Å². The van der Waals surface area contributed by atoms with Crippen LogP contribution >= 0.6 is 12.2 Å². The van der Waals surface area contributed by atoms with E-state index in [1.807, 2.05) is 6.07 Å². The van der Waals surface area contributed by atoms with E-state index < -0.39 is 0 Å². The fourth-order valence-corrected chi connectivity index (χ4v) is 1.88. The van der Waals surface area contributed by atoms with Crippen molar-refractivity contribution < 1.29 is 9.53 Å². The monoisotopic (exact) mass is 250 g/mol. The van der Waals surface area contributed by atoms with Crippen molar-refractivity contribution in [2.75, 3.05) is 11.9 Å². The molecule has 1 saturated heterocycles. The highest BCUT2D eigenvalue weighted by atomic mass is 32.1. The molecule has 1 atom stereocenters. The second kappa shape index (κ2) is 5.25. The van der Waals surface area contributed by atoms with Gasteiger partial charge in [-0.25, -0.2) is 0 Å². The van der Waals surface area contributed by atoms with Crippen LogP contribution < -0.4 is 11.1 Å². The van der Waals surface area contributed by atoms with Crippen molar-refractivity contribution in [2.45, 2.75) is 18.9 Å². The third kappa shape index (κ3) is 3.01. The van der Waals surface area contributed by atoms with E-state index in [2.05, 4.69) is 5.32 Å². The lowest BCUT2D eigenvalue weighted by molar-refractivity contribution is -0.124. The molecule has 1 aliphatic rings.